The number of hydrogen-bond donors (Lipinski definition) is 0. The Morgan fingerprint density at radius 2 is 1.73 bits per heavy atom. The predicted molar refractivity (Wildman–Crippen MR) is 84.2 cm³/mol. The molecule has 0 aromatic heterocycles. The summed E-state index contributed by atoms with van der Waals surface area (Å²) in [6.45, 7) is 11.7. The van der Waals surface area contributed by atoms with Crippen LogP contribution in [0.4, 0.5) is 0 Å². The molecule has 0 N–H and O–H groups in total. The summed E-state index contributed by atoms with van der Waals surface area (Å²) in [4.78, 5) is 39.1. The summed E-state index contributed by atoms with van der Waals surface area (Å²) in [5.41, 5.74) is -0.498. The second-order valence-electron chi connectivity index (χ2n) is 8.73. The third-order valence-electron chi connectivity index (χ3n) is 6.83. The standard InChI is InChI=1S/C19H26O3/c1-10(2)14(20)13-11(3)18(6)9-12-17(4,5)7-8-19(12,15(13)21)16(18)22/h10,12H,7-9H2,1-6H3/t12-,18-,19?/m0/s1. The highest BCUT2D eigenvalue weighted by Crippen LogP contribution is 2.69. The number of fused-ring (bicyclic) bond motifs is 1. The largest absolute Gasteiger partial charge is 0.298 e. The predicted octanol–water partition coefficient (Wildman–Crippen LogP) is 3.51. The summed E-state index contributed by atoms with van der Waals surface area (Å²) in [5, 5.41) is 0. The molecule has 0 aliphatic heterocycles. The van der Waals surface area contributed by atoms with Gasteiger partial charge in [-0.1, -0.05) is 27.7 Å². The molecule has 120 valence electrons. The number of allylic oxidation sites excluding steroid dienone is 2. The van der Waals surface area contributed by atoms with E-state index in [1.165, 1.54) is 0 Å². The normalized spacial score (nSPS) is 39.7. The van der Waals surface area contributed by atoms with Gasteiger partial charge < -0.3 is 0 Å². The monoisotopic (exact) mass is 302 g/mol. The molecule has 3 heteroatoms. The van der Waals surface area contributed by atoms with Crippen molar-refractivity contribution in [3.63, 3.8) is 0 Å². The van der Waals surface area contributed by atoms with Crippen molar-refractivity contribution in [2.45, 2.75) is 60.8 Å². The van der Waals surface area contributed by atoms with Crippen molar-refractivity contribution in [1.82, 2.24) is 0 Å². The first kappa shape index (κ1) is 15.6. The Morgan fingerprint density at radius 3 is 2.27 bits per heavy atom. The van der Waals surface area contributed by atoms with Crippen molar-refractivity contribution in [3.05, 3.63) is 11.1 Å². The van der Waals surface area contributed by atoms with Crippen LogP contribution < -0.4 is 0 Å². The highest BCUT2D eigenvalue weighted by molar-refractivity contribution is 6.32. The van der Waals surface area contributed by atoms with Crippen LogP contribution in [0.3, 0.4) is 0 Å². The fraction of sp³-hybridized carbons (Fsp3) is 0.737. The zero-order valence-corrected chi connectivity index (χ0v) is 14.5. The molecule has 0 amide bonds. The third kappa shape index (κ3) is 1.50. The number of ketones is 3. The third-order valence-corrected chi connectivity index (χ3v) is 6.83. The maximum absolute atomic E-state index is 13.3. The molecule has 0 radical (unpaired) electrons. The second-order valence-corrected chi connectivity index (χ2v) is 8.73. The molecule has 3 aliphatic carbocycles. The molecule has 3 aliphatic rings. The van der Waals surface area contributed by atoms with Crippen LogP contribution in [-0.2, 0) is 14.4 Å². The van der Waals surface area contributed by atoms with Crippen molar-refractivity contribution in [2.24, 2.45) is 28.1 Å². The van der Waals surface area contributed by atoms with Crippen molar-refractivity contribution < 1.29 is 14.4 Å². The molecular formula is C19H26O3. The van der Waals surface area contributed by atoms with E-state index in [1.54, 1.807) is 0 Å². The lowest BCUT2D eigenvalue weighted by molar-refractivity contribution is -0.143. The summed E-state index contributed by atoms with van der Waals surface area (Å²) < 4.78 is 0. The van der Waals surface area contributed by atoms with E-state index in [9.17, 15) is 14.4 Å². The number of Topliss-reactive ketones (excluding diaryl/α,β-unsaturated/α-hetero) is 3. The molecule has 2 fully saturated rings. The quantitative estimate of drug-likeness (QED) is 0.579. The lowest BCUT2D eigenvalue weighted by Gasteiger charge is -2.36. The van der Waals surface area contributed by atoms with Gasteiger partial charge in [-0.25, -0.2) is 0 Å². The summed E-state index contributed by atoms with van der Waals surface area (Å²) >= 11 is 0. The Morgan fingerprint density at radius 1 is 1.14 bits per heavy atom. The molecule has 0 aromatic carbocycles. The van der Waals surface area contributed by atoms with Crippen LogP contribution in [-0.4, -0.2) is 17.3 Å². The van der Waals surface area contributed by atoms with Gasteiger partial charge in [-0.15, -0.1) is 0 Å². The van der Waals surface area contributed by atoms with E-state index in [0.29, 0.717) is 18.4 Å². The second kappa shape index (κ2) is 4.18. The molecule has 2 saturated carbocycles. The molecule has 0 aromatic rings. The Labute approximate surface area is 132 Å². The van der Waals surface area contributed by atoms with Crippen molar-refractivity contribution in [3.8, 4) is 0 Å². The van der Waals surface area contributed by atoms with Gasteiger partial charge in [0.15, 0.2) is 17.3 Å². The fourth-order valence-corrected chi connectivity index (χ4v) is 5.20. The first-order valence-electron chi connectivity index (χ1n) is 8.35. The van der Waals surface area contributed by atoms with Gasteiger partial charge in [0.1, 0.15) is 0 Å². The summed E-state index contributed by atoms with van der Waals surface area (Å²) in [6, 6.07) is 0. The van der Waals surface area contributed by atoms with Crippen LogP contribution in [0.25, 0.3) is 0 Å². The van der Waals surface area contributed by atoms with Crippen molar-refractivity contribution in [1.29, 1.82) is 0 Å². The lowest BCUT2D eigenvalue weighted by Crippen LogP contribution is -2.49. The maximum atomic E-state index is 13.3. The van der Waals surface area contributed by atoms with Crippen LogP contribution in [0.5, 0.6) is 0 Å². The van der Waals surface area contributed by atoms with Gasteiger partial charge in [0.2, 0.25) is 0 Å². The van der Waals surface area contributed by atoms with Crippen LogP contribution >= 0.6 is 0 Å². The van der Waals surface area contributed by atoms with E-state index in [-0.39, 0.29) is 34.6 Å². The first-order valence-corrected chi connectivity index (χ1v) is 8.35. The molecular weight excluding hydrogens is 276 g/mol. The highest BCUT2D eigenvalue weighted by Gasteiger charge is 2.73. The molecule has 3 rings (SSSR count). The van der Waals surface area contributed by atoms with E-state index in [2.05, 4.69) is 13.8 Å². The Hall–Kier alpha value is -1.25. The number of carbonyl (C=O) groups excluding carboxylic acids is 3. The Bertz CT molecular complexity index is 637. The summed E-state index contributed by atoms with van der Waals surface area (Å²) in [7, 11) is 0. The Balaban J connectivity index is 2.25. The van der Waals surface area contributed by atoms with Crippen molar-refractivity contribution >= 4 is 17.3 Å². The zero-order valence-electron chi connectivity index (χ0n) is 14.5. The summed E-state index contributed by atoms with van der Waals surface area (Å²) in [5.74, 6) is -0.324. The molecule has 3 nitrogen and oxygen atoms in total. The van der Waals surface area contributed by atoms with E-state index in [0.717, 1.165) is 12.0 Å². The van der Waals surface area contributed by atoms with Gasteiger partial charge in [-0.05, 0) is 50.0 Å². The van der Waals surface area contributed by atoms with Gasteiger partial charge in [0.05, 0.1) is 11.0 Å². The topological polar surface area (TPSA) is 51.2 Å². The number of hydrogen-bond acceptors (Lipinski definition) is 3. The minimum Gasteiger partial charge on any atom is -0.298 e. The van der Waals surface area contributed by atoms with Gasteiger partial charge in [0, 0.05) is 11.3 Å². The number of rotatable bonds is 2. The molecule has 0 heterocycles. The van der Waals surface area contributed by atoms with Gasteiger partial charge in [-0.3, -0.25) is 14.4 Å². The molecule has 1 spiro atoms. The van der Waals surface area contributed by atoms with E-state index in [1.807, 2.05) is 27.7 Å². The van der Waals surface area contributed by atoms with Crippen LogP contribution in [0.15, 0.2) is 11.1 Å². The van der Waals surface area contributed by atoms with Crippen LogP contribution in [0.2, 0.25) is 0 Å². The van der Waals surface area contributed by atoms with Crippen LogP contribution in [0, 0.1) is 28.1 Å². The average Bonchev–Trinajstić information content (AvgIpc) is 2.80. The lowest BCUT2D eigenvalue weighted by atomic mass is 9.62. The minimum absolute atomic E-state index is 0.0142. The average molecular weight is 302 g/mol. The number of carbonyl (C=O) groups is 3. The molecule has 0 saturated heterocycles. The maximum Gasteiger partial charge on any atom is 0.180 e. The molecule has 1 unspecified atom stereocenters. The smallest absolute Gasteiger partial charge is 0.180 e. The van der Waals surface area contributed by atoms with E-state index < -0.39 is 10.8 Å². The zero-order chi connectivity index (χ0) is 16.7. The summed E-state index contributed by atoms with van der Waals surface area (Å²) in [6.07, 6.45) is 2.21. The molecule has 3 atom stereocenters. The Kier molecular flexibility index (Phi) is 2.97. The van der Waals surface area contributed by atoms with E-state index in [4.69, 9.17) is 0 Å². The van der Waals surface area contributed by atoms with Gasteiger partial charge in [0.25, 0.3) is 0 Å². The molecule has 22 heavy (non-hydrogen) atoms. The van der Waals surface area contributed by atoms with Crippen molar-refractivity contribution in [2.75, 3.05) is 0 Å². The van der Waals surface area contributed by atoms with Gasteiger partial charge in [-0.2, -0.15) is 0 Å². The minimum atomic E-state index is -0.919. The highest BCUT2D eigenvalue weighted by atomic mass is 16.2. The first-order chi connectivity index (χ1) is 10.00. The van der Waals surface area contributed by atoms with Gasteiger partial charge >= 0.3 is 0 Å². The van der Waals surface area contributed by atoms with Crippen LogP contribution in [0.1, 0.15) is 60.8 Å². The van der Waals surface area contributed by atoms with E-state index >= 15 is 0 Å². The molecule has 2 bridgehead atoms. The SMILES string of the molecule is CC1=C(C(=O)C(C)C)C(=O)C23CCC(C)(C)[C@@H]2C[C@]1(C)C3=O. The fourth-order valence-electron chi connectivity index (χ4n) is 5.20.